The Morgan fingerprint density at radius 2 is 1.45 bits per heavy atom. The molecule has 5 saturated carbocycles. The van der Waals surface area contributed by atoms with Gasteiger partial charge in [0.2, 0.25) is 11.8 Å². The minimum atomic E-state index is -0.452. The lowest BCUT2D eigenvalue weighted by Crippen LogP contribution is -2.67. The van der Waals surface area contributed by atoms with Gasteiger partial charge in [-0.1, -0.05) is 66.0 Å². The Bertz CT molecular complexity index is 1340. The van der Waals surface area contributed by atoms with E-state index in [-0.39, 0.29) is 64.0 Å². The van der Waals surface area contributed by atoms with Crippen LogP contribution in [0.15, 0.2) is 12.2 Å². The molecule has 2 amide bonds. The Morgan fingerprint density at radius 3 is 2.14 bits per heavy atom. The molecule has 5 rings (SSSR count). The molecule has 0 heterocycles. The SMILES string of the molecule is C=C(C)[C@@H]1CC[C@]2(C(=O)NCC(=O)NCCCCCCCC(=O)OC)CC[C@]3(C)[C@H](CCC4[C@@]5(C)CC[C@H](OC(C)=O)C(C)(C)[C@@H]5CC[C@]43C)[C@@H]12. The highest BCUT2D eigenvalue weighted by Gasteiger charge is 2.72. The van der Waals surface area contributed by atoms with Gasteiger partial charge in [0, 0.05) is 25.3 Å². The first-order chi connectivity index (χ1) is 24.0. The molecular weight excluding hydrogens is 640 g/mol. The van der Waals surface area contributed by atoms with Gasteiger partial charge in [-0.05, 0) is 130 Å². The number of hydrogen-bond donors (Lipinski definition) is 2. The van der Waals surface area contributed by atoms with Crippen molar-refractivity contribution in [3.63, 3.8) is 0 Å². The van der Waals surface area contributed by atoms with Crippen molar-refractivity contribution in [2.45, 2.75) is 157 Å². The summed E-state index contributed by atoms with van der Waals surface area (Å²) >= 11 is 0. The average molecular weight is 711 g/mol. The number of ether oxygens (including phenoxy) is 2. The molecule has 0 aliphatic heterocycles. The van der Waals surface area contributed by atoms with Crippen LogP contribution in [0.2, 0.25) is 0 Å². The van der Waals surface area contributed by atoms with Crippen LogP contribution in [0, 0.1) is 56.7 Å². The second-order valence-electron chi connectivity index (χ2n) is 18.9. The maximum atomic E-state index is 14.4. The number of methoxy groups -OCH3 is 1. The predicted molar refractivity (Wildman–Crippen MR) is 200 cm³/mol. The molecule has 0 saturated heterocycles. The molecule has 8 nitrogen and oxygen atoms in total. The summed E-state index contributed by atoms with van der Waals surface area (Å²) in [6, 6.07) is 0. The summed E-state index contributed by atoms with van der Waals surface area (Å²) in [7, 11) is 1.42. The maximum Gasteiger partial charge on any atom is 0.305 e. The first kappa shape index (κ1) is 39.8. The molecule has 0 aromatic carbocycles. The van der Waals surface area contributed by atoms with Crippen LogP contribution in [-0.4, -0.2) is 50.1 Å². The van der Waals surface area contributed by atoms with Gasteiger partial charge in [0.05, 0.1) is 19.1 Å². The van der Waals surface area contributed by atoms with Gasteiger partial charge >= 0.3 is 11.9 Å². The fourth-order valence-electron chi connectivity index (χ4n) is 13.6. The Labute approximate surface area is 308 Å². The number of amides is 2. The summed E-state index contributed by atoms with van der Waals surface area (Å²) < 4.78 is 10.6. The number of hydrogen-bond acceptors (Lipinski definition) is 6. The topological polar surface area (TPSA) is 111 Å². The quantitative estimate of drug-likeness (QED) is 0.113. The van der Waals surface area contributed by atoms with Crippen LogP contribution in [0.5, 0.6) is 0 Å². The van der Waals surface area contributed by atoms with Gasteiger partial charge in [-0.25, -0.2) is 0 Å². The zero-order valence-electron chi connectivity index (χ0n) is 33.3. The lowest BCUT2D eigenvalue weighted by atomic mass is 9.32. The van der Waals surface area contributed by atoms with Crippen LogP contribution in [0.1, 0.15) is 151 Å². The van der Waals surface area contributed by atoms with Crippen LogP contribution >= 0.6 is 0 Å². The Kier molecular flexibility index (Phi) is 11.8. The molecule has 5 fully saturated rings. The van der Waals surface area contributed by atoms with E-state index in [0.29, 0.717) is 36.6 Å². The highest BCUT2D eigenvalue weighted by atomic mass is 16.5. The largest absolute Gasteiger partial charge is 0.469 e. The van der Waals surface area contributed by atoms with E-state index in [0.717, 1.165) is 83.5 Å². The van der Waals surface area contributed by atoms with Gasteiger partial charge in [0.1, 0.15) is 6.10 Å². The molecule has 0 aromatic rings. The normalized spacial score (nSPS) is 39.3. The molecule has 5 aliphatic carbocycles. The molecule has 2 N–H and O–H groups in total. The third kappa shape index (κ3) is 7.04. The van der Waals surface area contributed by atoms with Crippen LogP contribution in [0.25, 0.3) is 0 Å². The molecule has 0 spiro atoms. The molecule has 0 aromatic heterocycles. The highest BCUT2D eigenvalue weighted by Crippen LogP contribution is 2.77. The monoisotopic (exact) mass is 711 g/mol. The van der Waals surface area contributed by atoms with E-state index in [2.05, 4.69) is 58.8 Å². The first-order valence-electron chi connectivity index (χ1n) is 20.4. The van der Waals surface area contributed by atoms with Crippen molar-refractivity contribution in [2.75, 3.05) is 20.2 Å². The van der Waals surface area contributed by atoms with Crippen molar-refractivity contribution < 1.29 is 28.7 Å². The highest BCUT2D eigenvalue weighted by molar-refractivity contribution is 5.88. The number of carbonyl (C=O) groups is 4. The molecule has 10 atom stereocenters. The van der Waals surface area contributed by atoms with E-state index in [1.54, 1.807) is 6.92 Å². The predicted octanol–water partition coefficient (Wildman–Crippen LogP) is 8.32. The van der Waals surface area contributed by atoms with E-state index in [1.807, 2.05) is 0 Å². The molecule has 8 heteroatoms. The molecule has 51 heavy (non-hydrogen) atoms. The van der Waals surface area contributed by atoms with Crippen molar-refractivity contribution >= 4 is 23.8 Å². The Morgan fingerprint density at radius 1 is 0.745 bits per heavy atom. The van der Waals surface area contributed by atoms with Crippen LogP contribution in [-0.2, 0) is 28.7 Å². The van der Waals surface area contributed by atoms with E-state index >= 15 is 0 Å². The minimum absolute atomic E-state index is 0.0227. The van der Waals surface area contributed by atoms with Crippen LogP contribution < -0.4 is 10.6 Å². The minimum Gasteiger partial charge on any atom is -0.469 e. The van der Waals surface area contributed by atoms with E-state index < -0.39 is 5.41 Å². The average Bonchev–Trinajstić information content (AvgIpc) is 3.47. The van der Waals surface area contributed by atoms with E-state index in [1.165, 1.54) is 25.5 Å². The Balaban J connectivity index is 1.25. The number of rotatable bonds is 13. The standard InChI is InChI=1S/C43H70N2O6/c1-28(2)30-18-23-43(38(49)45-27-35(47)44-26-14-12-10-11-13-15-36(48)50-9)25-24-41(7)31(37(30)43)16-17-33-40(6)21-20-34(51-29(3)46)39(4,5)32(40)19-22-42(33,41)8/h30-34,37H,1,10-27H2,2-9H3,(H,44,47)(H,45,49)/t30-,31+,32-,33?,34-,37+,40-,41+,42+,43-/m0/s1. The molecule has 0 radical (unpaired) electrons. The first-order valence-corrected chi connectivity index (χ1v) is 20.4. The van der Waals surface area contributed by atoms with Crippen molar-refractivity contribution in [2.24, 2.45) is 56.7 Å². The van der Waals surface area contributed by atoms with Crippen molar-refractivity contribution in [3.8, 4) is 0 Å². The Hall–Kier alpha value is -2.38. The smallest absolute Gasteiger partial charge is 0.305 e. The molecule has 288 valence electrons. The van der Waals surface area contributed by atoms with Gasteiger partial charge in [0.25, 0.3) is 0 Å². The number of unbranched alkanes of at least 4 members (excludes halogenated alkanes) is 4. The fraction of sp³-hybridized carbons (Fsp3) is 0.860. The van der Waals surface area contributed by atoms with Crippen molar-refractivity contribution in [1.82, 2.24) is 10.6 Å². The second-order valence-corrected chi connectivity index (χ2v) is 18.9. The summed E-state index contributed by atoms with van der Waals surface area (Å²) in [6.45, 7) is 21.3. The van der Waals surface area contributed by atoms with Gasteiger partial charge in [0.15, 0.2) is 0 Å². The summed E-state index contributed by atoms with van der Waals surface area (Å²) in [5.74, 6) is 1.74. The lowest BCUT2D eigenvalue weighted by molar-refractivity contribution is -0.248. The molecule has 0 bridgehead atoms. The molecular formula is C43H70N2O6. The number of fused-ring (bicyclic) bond motifs is 7. The summed E-state index contributed by atoms with van der Waals surface area (Å²) in [6.07, 6.45) is 15.6. The molecule has 5 aliphatic rings. The van der Waals surface area contributed by atoms with Gasteiger partial charge < -0.3 is 20.1 Å². The lowest BCUT2D eigenvalue weighted by Gasteiger charge is -2.72. The summed E-state index contributed by atoms with van der Waals surface area (Å²) in [4.78, 5) is 50.6. The summed E-state index contributed by atoms with van der Waals surface area (Å²) in [5, 5.41) is 6.15. The van der Waals surface area contributed by atoms with E-state index in [9.17, 15) is 19.2 Å². The second kappa shape index (κ2) is 15.2. The number of allylic oxidation sites excluding steroid dienone is 1. The molecule has 1 unspecified atom stereocenters. The van der Waals surface area contributed by atoms with Crippen LogP contribution in [0.4, 0.5) is 0 Å². The van der Waals surface area contributed by atoms with E-state index in [4.69, 9.17) is 9.47 Å². The fourth-order valence-corrected chi connectivity index (χ4v) is 13.6. The van der Waals surface area contributed by atoms with Gasteiger partial charge in [-0.2, -0.15) is 0 Å². The summed E-state index contributed by atoms with van der Waals surface area (Å²) in [5.41, 5.74) is 1.16. The third-order valence-electron chi connectivity index (χ3n) is 16.3. The maximum absolute atomic E-state index is 14.4. The third-order valence-corrected chi connectivity index (χ3v) is 16.3. The van der Waals surface area contributed by atoms with Gasteiger partial charge in [-0.15, -0.1) is 0 Å². The van der Waals surface area contributed by atoms with Crippen LogP contribution in [0.3, 0.4) is 0 Å². The van der Waals surface area contributed by atoms with Gasteiger partial charge in [-0.3, -0.25) is 19.2 Å². The van der Waals surface area contributed by atoms with Crippen molar-refractivity contribution in [3.05, 3.63) is 12.2 Å². The number of nitrogens with one attached hydrogen (secondary N) is 2. The van der Waals surface area contributed by atoms with Crippen molar-refractivity contribution in [1.29, 1.82) is 0 Å². The number of carbonyl (C=O) groups excluding carboxylic acids is 4. The zero-order chi connectivity index (χ0) is 37.4. The number of esters is 2. The zero-order valence-corrected chi connectivity index (χ0v) is 33.3.